The van der Waals surface area contributed by atoms with E-state index in [1.807, 2.05) is 0 Å². The molecule has 4 atom stereocenters. The molecule has 0 saturated heterocycles. The Morgan fingerprint density at radius 1 is 0.621 bits per heavy atom. The fraction of sp³-hybridized carbons (Fsp3) is 0.762. The van der Waals surface area contributed by atoms with Crippen LogP contribution in [-0.2, 0) is 30.2 Å². The quantitative estimate of drug-likeness (QED) is 0.429. The molecule has 0 amide bonds. The van der Waals surface area contributed by atoms with Gasteiger partial charge in [0.1, 0.15) is 0 Å². The third-order valence-corrected chi connectivity index (χ3v) is 6.43. The molecule has 8 heteroatoms. The first kappa shape index (κ1) is 26.5. The summed E-state index contributed by atoms with van der Waals surface area (Å²) in [5, 5.41) is 15.2. The van der Waals surface area contributed by atoms with Crippen LogP contribution in [0.15, 0.2) is 18.2 Å². The molecular formula is C21H39MnN5O2. The summed E-state index contributed by atoms with van der Waals surface area (Å²) >= 11 is 0. The van der Waals surface area contributed by atoms with Gasteiger partial charge in [-0.3, -0.25) is 4.98 Å². The number of rotatable bonds is 0. The van der Waals surface area contributed by atoms with Gasteiger partial charge in [0.25, 0.3) is 0 Å². The van der Waals surface area contributed by atoms with Gasteiger partial charge in [-0.05, 0) is 37.8 Å². The molecule has 3 aliphatic rings. The average Bonchev–Trinajstić information content (AvgIpc) is 2.69. The second-order valence-electron chi connectivity index (χ2n) is 8.29. The monoisotopic (exact) mass is 448 g/mol. The van der Waals surface area contributed by atoms with Crippen LogP contribution in [0.1, 0.15) is 62.8 Å². The van der Waals surface area contributed by atoms with E-state index in [4.69, 9.17) is 4.98 Å². The topological polar surface area (TPSA) is 124 Å². The molecule has 1 aliphatic heterocycles. The molecular weight excluding hydrogens is 409 g/mol. The fourth-order valence-electron chi connectivity index (χ4n) is 4.95. The maximum absolute atomic E-state index is 4.89. The van der Waals surface area contributed by atoms with Crippen molar-refractivity contribution in [2.45, 2.75) is 88.6 Å². The summed E-state index contributed by atoms with van der Waals surface area (Å²) in [4.78, 5) is 4.89. The summed E-state index contributed by atoms with van der Waals surface area (Å²) in [5.41, 5.74) is 2.34. The maximum atomic E-state index is 4.89. The van der Waals surface area contributed by atoms with Crippen LogP contribution in [0, 0.1) is 0 Å². The van der Waals surface area contributed by atoms with Crippen molar-refractivity contribution < 1.29 is 28.0 Å². The molecule has 7 nitrogen and oxygen atoms in total. The molecule has 1 unspecified atom stereocenters. The summed E-state index contributed by atoms with van der Waals surface area (Å²) in [7, 11) is 0. The summed E-state index contributed by atoms with van der Waals surface area (Å²) in [6.45, 7) is 3.89. The van der Waals surface area contributed by atoms with Gasteiger partial charge >= 0.3 is 0 Å². The van der Waals surface area contributed by atoms with Gasteiger partial charge in [0.05, 0.1) is 11.4 Å². The molecule has 2 fully saturated rings. The van der Waals surface area contributed by atoms with Gasteiger partial charge in [0.15, 0.2) is 0 Å². The van der Waals surface area contributed by atoms with Gasteiger partial charge in [-0.1, -0.05) is 31.7 Å². The van der Waals surface area contributed by atoms with Crippen molar-refractivity contribution in [3.05, 3.63) is 29.6 Å². The Bertz CT molecular complexity index is 535. The molecule has 167 valence electrons. The van der Waals surface area contributed by atoms with Gasteiger partial charge in [0.2, 0.25) is 0 Å². The first-order chi connectivity index (χ1) is 12.9. The predicted octanol–water partition coefficient (Wildman–Crippen LogP) is 0.424. The minimum Gasteiger partial charge on any atom is -0.412 e. The number of nitrogens with one attached hydrogen (secondary N) is 4. The Morgan fingerprint density at radius 2 is 1.00 bits per heavy atom. The zero-order valence-electron chi connectivity index (χ0n) is 17.4. The first-order valence-corrected chi connectivity index (χ1v) is 10.8. The van der Waals surface area contributed by atoms with Gasteiger partial charge in [-0.2, -0.15) is 0 Å². The summed E-state index contributed by atoms with van der Waals surface area (Å²) in [6.07, 6.45) is 10.5. The van der Waals surface area contributed by atoms with E-state index < -0.39 is 0 Å². The number of pyridine rings is 1. The van der Waals surface area contributed by atoms with Crippen LogP contribution < -0.4 is 21.3 Å². The van der Waals surface area contributed by atoms with Gasteiger partial charge in [-0.15, -0.1) is 0 Å². The number of nitrogens with zero attached hydrogens (tertiary/aromatic N) is 1. The van der Waals surface area contributed by atoms with Crippen molar-refractivity contribution in [2.75, 3.05) is 13.1 Å². The normalized spacial score (nSPS) is 30.5. The third kappa shape index (κ3) is 7.56. The van der Waals surface area contributed by atoms with Gasteiger partial charge in [-0.25, -0.2) is 0 Å². The van der Waals surface area contributed by atoms with Crippen molar-refractivity contribution in [3.63, 3.8) is 0 Å². The van der Waals surface area contributed by atoms with Crippen LogP contribution in [0.5, 0.6) is 0 Å². The molecule has 1 radical (unpaired) electrons. The molecule has 2 aliphatic carbocycles. The van der Waals surface area contributed by atoms with E-state index in [0.717, 1.165) is 26.2 Å². The second-order valence-corrected chi connectivity index (χ2v) is 8.29. The van der Waals surface area contributed by atoms with Crippen molar-refractivity contribution in [3.8, 4) is 0 Å². The minimum atomic E-state index is 0. The van der Waals surface area contributed by atoms with Crippen LogP contribution >= 0.6 is 0 Å². The third-order valence-electron chi connectivity index (χ3n) is 6.43. The van der Waals surface area contributed by atoms with E-state index in [1.54, 1.807) is 0 Å². The summed E-state index contributed by atoms with van der Waals surface area (Å²) in [6, 6.07) is 8.81. The van der Waals surface area contributed by atoms with E-state index in [0.29, 0.717) is 24.2 Å². The Morgan fingerprint density at radius 3 is 1.41 bits per heavy atom. The number of hydrogen-bond acceptors (Lipinski definition) is 5. The van der Waals surface area contributed by atoms with Crippen LogP contribution in [0.3, 0.4) is 0 Å². The molecule has 1 aromatic rings. The van der Waals surface area contributed by atoms with Crippen molar-refractivity contribution in [2.24, 2.45) is 0 Å². The van der Waals surface area contributed by atoms with Gasteiger partial charge < -0.3 is 32.2 Å². The number of hydrogen-bond donors (Lipinski definition) is 4. The molecule has 2 bridgehead atoms. The predicted molar refractivity (Wildman–Crippen MR) is 113 cm³/mol. The average molecular weight is 449 g/mol. The zero-order chi connectivity index (χ0) is 17.6. The van der Waals surface area contributed by atoms with E-state index in [1.165, 1.54) is 62.8 Å². The standard InChI is InChI=1S/C21H35N5.Mn.2H2O/c1-3-10-20-18(8-1)22-12-13-23-19-9-2-4-11-21(19)25-15-17-7-5-6-16(26-17)14-24-20;;;/h5-7,18-25H,1-4,8-15H2;;2*1H2/t18-,19?,20-,21-;;;/m1.../s1. The van der Waals surface area contributed by atoms with Crippen molar-refractivity contribution in [1.82, 2.24) is 26.3 Å². The van der Waals surface area contributed by atoms with Crippen LogP contribution in [0.4, 0.5) is 0 Å². The Kier molecular flexibility index (Phi) is 12.5. The second kappa shape index (κ2) is 13.7. The SMILES string of the molecule is O.O.[Mn].c1cc2nc(c1)CN[C@@H]1CCCC[C@H]1NCCNC1CCCC[C@H]1NC2. The maximum Gasteiger partial charge on any atom is 0.0545 e. The van der Waals surface area contributed by atoms with Crippen LogP contribution in [0.2, 0.25) is 0 Å². The number of fused-ring (bicyclic) bond motifs is 4. The minimum absolute atomic E-state index is 0. The van der Waals surface area contributed by atoms with E-state index in [2.05, 4.69) is 39.5 Å². The first-order valence-electron chi connectivity index (χ1n) is 10.8. The van der Waals surface area contributed by atoms with E-state index in [-0.39, 0.29) is 28.0 Å². The largest absolute Gasteiger partial charge is 0.412 e. The smallest absolute Gasteiger partial charge is 0.0545 e. The Labute approximate surface area is 185 Å². The van der Waals surface area contributed by atoms with Crippen LogP contribution in [0.25, 0.3) is 0 Å². The molecule has 29 heavy (non-hydrogen) atoms. The van der Waals surface area contributed by atoms with E-state index in [9.17, 15) is 0 Å². The van der Waals surface area contributed by atoms with Crippen molar-refractivity contribution >= 4 is 0 Å². The fourth-order valence-corrected chi connectivity index (χ4v) is 4.95. The molecule has 2 heterocycles. The molecule has 8 N–H and O–H groups in total. The van der Waals surface area contributed by atoms with Crippen molar-refractivity contribution in [1.29, 1.82) is 0 Å². The Balaban J connectivity index is 0.00000140. The molecule has 2 saturated carbocycles. The Hall–Kier alpha value is -0.571. The summed E-state index contributed by atoms with van der Waals surface area (Å²) < 4.78 is 0. The zero-order valence-corrected chi connectivity index (χ0v) is 18.5. The molecule has 0 aromatic carbocycles. The van der Waals surface area contributed by atoms with E-state index >= 15 is 0 Å². The van der Waals surface area contributed by atoms with Crippen LogP contribution in [-0.4, -0.2) is 53.2 Å². The molecule has 1 aromatic heterocycles. The molecule has 4 rings (SSSR count). The number of aromatic nitrogens is 1. The van der Waals surface area contributed by atoms with Gasteiger partial charge in [0, 0.05) is 67.4 Å². The summed E-state index contributed by atoms with van der Waals surface area (Å²) in [5.74, 6) is 0. The molecule has 0 spiro atoms.